The molecule has 2 aromatic heterocycles. The molecule has 0 unspecified atom stereocenters. The third-order valence-electron chi connectivity index (χ3n) is 7.10. The van der Waals surface area contributed by atoms with Crippen LogP contribution in [0.4, 0.5) is 5.69 Å². The topological polar surface area (TPSA) is 93.4 Å². The molecule has 37 heavy (non-hydrogen) atoms. The zero-order chi connectivity index (χ0) is 26.3. The van der Waals surface area contributed by atoms with Gasteiger partial charge in [0, 0.05) is 21.6 Å². The number of ether oxygens (including phenoxy) is 1. The second kappa shape index (κ2) is 9.79. The number of rotatable bonds is 5. The van der Waals surface area contributed by atoms with Gasteiger partial charge in [-0.2, -0.15) is 0 Å². The van der Waals surface area contributed by atoms with Crippen molar-refractivity contribution in [1.29, 1.82) is 0 Å². The quantitative estimate of drug-likeness (QED) is 0.418. The number of hydrogen-bond acceptors (Lipinski definition) is 6. The van der Waals surface area contributed by atoms with E-state index in [0.29, 0.717) is 11.4 Å². The molecule has 0 radical (unpaired) electrons. The van der Waals surface area contributed by atoms with E-state index < -0.39 is 0 Å². The van der Waals surface area contributed by atoms with Crippen molar-refractivity contribution in [1.82, 2.24) is 25.2 Å². The van der Waals surface area contributed by atoms with E-state index in [9.17, 15) is 4.79 Å². The highest BCUT2D eigenvalue weighted by Gasteiger charge is 2.38. The third kappa shape index (κ3) is 4.93. The molecule has 0 bridgehead atoms. The van der Waals surface area contributed by atoms with Crippen LogP contribution in [0.25, 0.3) is 10.9 Å². The smallest absolute Gasteiger partial charge is 0.258 e. The highest BCUT2D eigenvalue weighted by atomic mass is 35.5. The summed E-state index contributed by atoms with van der Waals surface area (Å²) in [6.45, 7) is 11.6. The van der Waals surface area contributed by atoms with Crippen molar-refractivity contribution in [2.24, 2.45) is 0 Å². The van der Waals surface area contributed by atoms with E-state index in [4.69, 9.17) is 16.3 Å². The largest absolute Gasteiger partial charge is 0.497 e. The minimum absolute atomic E-state index is 0.133. The predicted octanol–water partition coefficient (Wildman–Crippen LogP) is 2.73. The Bertz CT molecular complexity index is 1480. The molecule has 9 nitrogen and oxygen atoms in total. The number of quaternary nitrogens is 1. The number of piperazine rings is 1. The number of aryl methyl sites for hydroxylation is 1. The van der Waals surface area contributed by atoms with Gasteiger partial charge in [0.25, 0.3) is 5.56 Å². The van der Waals surface area contributed by atoms with Crippen molar-refractivity contribution in [3.05, 3.63) is 74.8 Å². The first-order chi connectivity index (χ1) is 17.7. The molecule has 3 heterocycles. The van der Waals surface area contributed by atoms with Crippen LogP contribution in [0.5, 0.6) is 5.75 Å². The maximum absolute atomic E-state index is 13.5. The summed E-state index contributed by atoms with van der Waals surface area (Å²) in [4.78, 5) is 20.2. The summed E-state index contributed by atoms with van der Waals surface area (Å²) in [5.74, 6) is 1.42. The Kier molecular flexibility index (Phi) is 6.68. The molecule has 194 valence electrons. The fraction of sp³-hybridized carbons (Fsp3) is 0.407. The average molecular weight is 523 g/mol. The molecule has 0 saturated carbocycles. The van der Waals surface area contributed by atoms with Gasteiger partial charge in [0.1, 0.15) is 5.75 Å². The maximum atomic E-state index is 13.5. The van der Waals surface area contributed by atoms with E-state index in [0.717, 1.165) is 53.5 Å². The van der Waals surface area contributed by atoms with Crippen molar-refractivity contribution < 1.29 is 9.64 Å². The number of H-pyrrole nitrogens is 1. The second-order valence-corrected chi connectivity index (χ2v) is 11.1. The van der Waals surface area contributed by atoms with E-state index in [1.165, 1.54) is 10.5 Å². The molecule has 1 saturated heterocycles. The molecule has 1 atom stereocenters. The van der Waals surface area contributed by atoms with Gasteiger partial charge in [-0.1, -0.05) is 17.7 Å². The van der Waals surface area contributed by atoms with Crippen molar-refractivity contribution in [3.63, 3.8) is 0 Å². The molecule has 0 amide bonds. The minimum atomic E-state index is -0.344. The van der Waals surface area contributed by atoms with Crippen LogP contribution in [-0.2, 0) is 5.54 Å². The van der Waals surface area contributed by atoms with Crippen molar-refractivity contribution in [3.8, 4) is 5.75 Å². The Morgan fingerprint density at radius 2 is 1.86 bits per heavy atom. The number of pyridine rings is 1. The SMILES string of the molecule is COc1ccc2[nH]c(=O)c([C@H](c3nnnn3C(C)(C)C)[NH+]3CCN(c4cc(Cl)ccc4C)CC3)cc2c1. The number of aromatic nitrogens is 5. The Balaban J connectivity index is 1.56. The minimum Gasteiger partial charge on any atom is -0.497 e. The maximum Gasteiger partial charge on any atom is 0.258 e. The molecule has 10 heteroatoms. The molecule has 1 fully saturated rings. The van der Waals surface area contributed by atoms with Crippen LogP contribution < -0.4 is 20.1 Å². The number of halogens is 1. The monoisotopic (exact) mass is 522 g/mol. The zero-order valence-corrected chi connectivity index (χ0v) is 22.6. The van der Waals surface area contributed by atoms with E-state index in [2.05, 4.69) is 59.2 Å². The number of methoxy groups -OCH3 is 1. The van der Waals surface area contributed by atoms with Gasteiger partial charge in [-0.3, -0.25) is 4.79 Å². The number of hydrogen-bond donors (Lipinski definition) is 2. The van der Waals surface area contributed by atoms with Crippen LogP contribution >= 0.6 is 11.6 Å². The van der Waals surface area contributed by atoms with Crippen LogP contribution in [0.2, 0.25) is 5.02 Å². The van der Waals surface area contributed by atoms with E-state index in [-0.39, 0.29) is 17.1 Å². The first-order valence-electron chi connectivity index (χ1n) is 12.5. The molecule has 0 aliphatic carbocycles. The Labute approximate surface area is 221 Å². The second-order valence-electron chi connectivity index (χ2n) is 10.6. The third-order valence-corrected chi connectivity index (χ3v) is 7.34. The number of benzene rings is 2. The molecule has 2 N–H and O–H groups in total. The van der Waals surface area contributed by atoms with Crippen LogP contribution in [0, 0.1) is 6.92 Å². The summed E-state index contributed by atoms with van der Waals surface area (Å²) >= 11 is 6.31. The lowest BCUT2D eigenvalue weighted by atomic mass is 10.0. The van der Waals surface area contributed by atoms with Gasteiger partial charge in [0.15, 0.2) is 6.04 Å². The van der Waals surface area contributed by atoms with E-state index in [1.54, 1.807) is 7.11 Å². The Morgan fingerprint density at radius 1 is 1.11 bits per heavy atom. The number of aromatic amines is 1. The number of nitrogens with one attached hydrogen (secondary N) is 2. The van der Waals surface area contributed by atoms with Crippen LogP contribution in [-0.4, -0.2) is 58.5 Å². The highest BCUT2D eigenvalue weighted by Crippen LogP contribution is 2.27. The summed E-state index contributed by atoms with van der Waals surface area (Å²) in [6.07, 6.45) is 0. The van der Waals surface area contributed by atoms with Crippen LogP contribution in [0.15, 0.2) is 47.3 Å². The number of fused-ring (bicyclic) bond motifs is 1. The van der Waals surface area contributed by atoms with Gasteiger partial charge in [0.2, 0.25) is 5.82 Å². The van der Waals surface area contributed by atoms with E-state index >= 15 is 0 Å². The summed E-state index contributed by atoms with van der Waals surface area (Å²) in [6, 6.07) is 13.3. The number of anilines is 1. The molecular formula is C27H33ClN7O2+. The van der Waals surface area contributed by atoms with Crippen molar-refractivity contribution >= 4 is 28.2 Å². The number of nitrogens with zero attached hydrogens (tertiary/aromatic N) is 5. The molecule has 1 aliphatic heterocycles. The first kappa shape index (κ1) is 25.2. The van der Waals surface area contributed by atoms with Gasteiger partial charge < -0.3 is 19.5 Å². The van der Waals surface area contributed by atoms with Crippen molar-refractivity contribution in [2.75, 3.05) is 38.2 Å². The fourth-order valence-corrected chi connectivity index (χ4v) is 5.35. The number of tetrazole rings is 1. The van der Waals surface area contributed by atoms with Crippen LogP contribution in [0.3, 0.4) is 0 Å². The van der Waals surface area contributed by atoms with E-state index in [1.807, 2.05) is 41.1 Å². The van der Waals surface area contributed by atoms with Gasteiger partial charge in [-0.15, -0.1) is 5.10 Å². The summed E-state index contributed by atoms with van der Waals surface area (Å²) in [5.41, 5.74) is 3.28. The van der Waals surface area contributed by atoms with Gasteiger partial charge in [-0.25, -0.2) is 4.68 Å². The van der Waals surface area contributed by atoms with Gasteiger partial charge >= 0.3 is 0 Å². The highest BCUT2D eigenvalue weighted by molar-refractivity contribution is 6.30. The fourth-order valence-electron chi connectivity index (χ4n) is 5.18. The lowest BCUT2D eigenvalue weighted by molar-refractivity contribution is -0.927. The van der Waals surface area contributed by atoms with Gasteiger partial charge in [0.05, 0.1) is 44.4 Å². The lowest BCUT2D eigenvalue weighted by Crippen LogP contribution is -3.15. The summed E-state index contributed by atoms with van der Waals surface area (Å²) in [7, 11) is 1.64. The summed E-state index contributed by atoms with van der Waals surface area (Å²) < 4.78 is 7.27. The molecule has 2 aromatic carbocycles. The lowest BCUT2D eigenvalue weighted by Gasteiger charge is -2.38. The molecule has 4 aromatic rings. The Hall–Kier alpha value is -3.43. The molecule has 1 aliphatic rings. The molecule has 0 spiro atoms. The average Bonchev–Trinajstić information content (AvgIpc) is 3.36. The first-order valence-corrected chi connectivity index (χ1v) is 12.9. The molecule has 5 rings (SSSR count). The summed E-state index contributed by atoms with van der Waals surface area (Å²) in [5, 5.41) is 14.4. The normalized spacial score (nSPS) is 15.8. The van der Waals surface area contributed by atoms with Gasteiger partial charge in [-0.05, 0) is 80.1 Å². The van der Waals surface area contributed by atoms with Crippen molar-refractivity contribution in [2.45, 2.75) is 39.3 Å². The standard InChI is InChI=1S/C27H32ClN7O2/c1-17-6-7-19(28)16-23(17)33-10-12-34(13-11-33)24(25-30-31-32-35(25)27(2,3)4)21-15-18-14-20(37-5)8-9-22(18)29-26(21)36/h6-9,14-16,24H,10-13H2,1-5H3,(H,29,36)/p+1/t24-/m1/s1. The zero-order valence-electron chi connectivity index (χ0n) is 21.9. The Morgan fingerprint density at radius 3 is 2.57 bits per heavy atom. The van der Waals surface area contributed by atoms with Crippen LogP contribution in [0.1, 0.15) is 43.8 Å². The molecular weight excluding hydrogens is 490 g/mol. The predicted molar refractivity (Wildman–Crippen MR) is 145 cm³/mol.